The van der Waals surface area contributed by atoms with Crippen molar-refractivity contribution in [2.75, 3.05) is 0 Å². The maximum absolute atomic E-state index is 13.2. The predicted molar refractivity (Wildman–Crippen MR) is 173 cm³/mol. The summed E-state index contributed by atoms with van der Waals surface area (Å²) in [5.74, 6) is -0.522. The molecule has 11 nitrogen and oxygen atoms in total. The Morgan fingerprint density at radius 1 is 0.891 bits per heavy atom. The third-order valence-corrected chi connectivity index (χ3v) is 8.16. The zero-order valence-corrected chi connectivity index (χ0v) is 26.8. The summed E-state index contributed by atoms with van der Waals surface area (Å²) in [4.78, 5) is 35.6. The predicted octanol–water partition coefficient (Wildman–Crippen LogP) is 6.44. The largest absolute Gasteiger partial charge is 0.489 e. The number of carbonyl (C=O) groups excluding carboxylic acids is 2. The summed E-state index contributed by atoms with van der Waals surface area (Å²) in [6.07, 6.45) is -1.05. The van der Waals surface area contributed by atoms with E-state index in [0.29, 0.717) is 17.9 Å². The number of benzene rings is 4. The normalized spacial score (nSPS) is 12.1. The average molecular weight is 666 g/mol. The van der Waals surface area contributed by atoms with Crippen LogP contribution in [0.4, 0.5) is 10.5 Å². The number of nitrogens with zero attached hydrogens (tertiary/aromatic N) is 1. The standard InChI is InChI=1S/C33H32ClN3O8S/c1-33(2,3)45-32(39)35-29(31(38)36-46(42,43)27-17-18-28(34)30(20-27)37(40)41)19-22-11-15-26(16-12-22)44-21-23-9-13-25(14-10-23)24-7-5-4-6-8-24/h4-18,20,29H,19,21H2,1-3H3,(H,35,39)(H,36,38). The number of alkyl carbamates (subject to hydrolysis) is 1. The second-order valence-corrected chi connectivity index (χ2v) is 13.3. The van der Waals surface area contributed by atoms with Crippen LogP contribution in [0.2, 0.25) is 5.02 Å². The molecular formula is C33H32ClN3O8S. The number of nitrogens with one attached hydrogen (secondary N) is 2. The van der Waals surface area contributed by atoms with Gasteiger partial charge in [-0.2, -0.15) is 0 Å². The zero-order chi connectivity index (χ0) is 33.5. The molecule has 240 valence electrons. The lowest BCUT2D eigenvalue weighted by molar-refractivity contribution is -0.384. The molecule has 4 aromatic carbocycles. The maximum Gasteiger partial charge on any atom is 0.408 e. The Bertz CT molecular complexity index is 1810. The van der Waals surface area contributed by atoms with Gasteiger partial charge < -0.3 is 14.8 Å². The molecule has 0 aliphatic heterocycles. The molecule has 0 heterocycles. The SMILES string of the molecule is CC(C)(C)OC(=O)NC(Cc1ccc(OCc2ccc(-c3ccccc3)cc2)cc1)C(=O)NS(=O)(=O)c1ccc(Cl)c([N+](=O)[O-])c1. The molecule has 0 aromatic heterocycles. The first kappa shape index (κ1) is 33.9. The van der Waals surface area contributed by atoms with Gasteiger partial charge in [-0.05, 0) is 67.3 Å². The Kier molecular flexibility index (Phi) is 10.7. The van der Waals surface area contributed by atoms with E-state index in [1.807, 2.05) is 59.3 Å². The highest BCUT2D eigenvalue weighted by molar-refractivity contribution is 7.90. The molecule has 0 aliphatic carbocycles. The van der Waals surface area contributed by atoms with Gasteiger partial charge in [0.05, 0.1) is 9.82 Å². The van der Waals surface area contributed by atoms with E-state index in [9.17, 15) is 28.1 Å². The monoisotopic (exact) mass is 665 g/mol. The summed E-state index contributed by atoms with van der Waals surface area (Å²) in [6, 6.07) is 26.2. The van der Waals surface area contributed by atoms with Gasteiger partial charge in [0, 0.05) is 12.5 Å². The number of rotatable bonds is 11. The number of hydrogen-bond donors (Lipinski definition) is 2. The van der Waals surface area contributed by atoms with Crippen LogP contribution in [0.1, 0.15) is 31.9 Å². The minimum Gasteiger partial charge on any atom is -0.489 e. The molecule has 1 unspecified atom stereocenters. The summed E-state index contributed by atoms with van der Waals surface area (Å²) in [5, 5.41) is 13.4. The summed E-state index contributed by atoms with van der Waals surface area (Å²) in [7, 11) is -4.57. The number of carbonyl (C=O) groups is 2. The number of ether oxygens (including phenoxy) is 2. The van der Waals surface area contributed by atoms with Gasteiger partial charge in [-0.15, -0.1) is 0 Å². The molecule has 2 N–H and O–H groups in total. The molecule has 46 heavy (non-hydrogen) atoms. The summed E-state index contributed by atoms with van der Waals surface area (Å²) >= 11 is 5.79. The topological polar surface area (TPSA) is 154 Å². The maximum atomic E-state index is 13.2. The summed E-state index contributed by atoms with van der Waals surface area (Å²) in [6.45, 7) is 5.22. The third-order valence-electron chi connectivity index (χ3n) is 6.50. The van der Waals surface area contributed by atoms with Crippen molar-refractivity contribution in [1.29, 1.82) is 0 Å². The van der Waals surface area contributed by atoms with Crippen molar-refractivity contribution < 1.29 is 32.4 Å². The molecular weight excluding hydrogens is 634 g/mol. The fourth-order valence-corrected chi connectivity index (χ4v) is 5.49. The summed E-state index contributed by atoms with van der Waals surface area (Å²) in [5.41, 5.74) is 2.22. The molecule has 2 amide bonds. The minimum atomic E-state index is -4.57. The van der Waals surface area contributed by atoms with Crippen LogP contribution >= 0.6 is 11.6 Å². The molecule has 1 atom stereocenters. The van der Waals surface area contributed by atoms with Gasteiger partial charge in [0.25, 0.3) is 21.6 Å². The van der Waals surface area contributed by atoms with Crippen LogP contribution in [0.5, 0.6) is 5.75 Å². The number of hydrogen-bond acceptors (Lipinski definition) is 8. The van der Waals surface area contributed by atoms with E-state index in [2.05, 4.69) is 5.32 Å². The van der Waals surface area contributed by atoms with Gasteiger partial charge in [-0.1, -0.05) is 78.3 Å². The Morgan fingerprint density at radius 2 is 1.50 bits per heavy atom. The molecule has 0 aliphatic rings. The van der Waals surface area contributed by atoms with E-state index in [-0.39, 0.29) is 11.4 Å². The van der Waals surface area contributed by atoms with Crippen LogP contribution < -0.4 is 14.8 Å². The van der Waals surface area contributed by atoms with Crippen molar-refractivity contribution >= 4 is 39.3 Å². The van der Waals surface area contributed by atoms with E-state index < -0.39 is 49.2 Å². The van der Waals surface area contributed by atoms with Crippen LogP contribution in [0.3, 0.4) is 0 Å². The van der Waals surface area contributed by atoms with Crippen molar-refractivity contribution in [3.8, 4) is 16.9 Å². The zero-order valence-electron chi connectivity index (χ0n) is 25.2. The molecule has 0 bridgehead atoms. The van der Waals surface area contributed by atoms with E-state index in [1.54, 1.807) is 45.0 Å². The molecule has 0 fully saturated rings. The first-order valence-electron chi connectivity index (χ1n) is 14.1. The smallest absolute Gasteiger partial charge is 0.408 e. The number of nitro groups is 1. The van der Waals surface area contributed by atoms with Crippen molar-refractivity contribution in [1.82, 2.24) is 10.0 Å². The molecule has 4 rings (SSSR count). The lowest BCUT2D eigenvalue weighted by Crippen LogP contribution is -2.50. The van der Waals surface area contributed by atoms with E-state index in [0.717, 1.165) is 34.9 Å². The molecule has 0 saturated carbocycles. The third kappa shape index (κ3) is 9.53. The minimum absolute atomic E-state index is 0.109. The average Bonchev–Trinajstić information content (AvgIpc) is 3.00. The van der Waals surface area contributed by atoms with Crippen molar-refractivity contribution in [3.05, 3.63) is 123 Å². The van der Waals surface area contributed by atoms with E-state index in [4.69, 9.17) is 21.1 Å². The number of amides is 2. The lowest BCUT2D eigenvalue weighted by atomic mass is 10.0. The van der Waals surface area contributed by atoms with Crippen LogP contribution in [-0.4, -0.2) is 37.0 Å². The number of nitro benzene ring substituents is 1. The second-order valence-electron chi connectivity index (χ2n) is 11.2. The number of sulfonamides is 1. The first-order valence-corrected chi connectivity index (χ1v) is 15.9. The Balaban J connectivity index is 1.45. The molecule has 0 radical (unpaired) electrons. The number of halogens is 1. The van der Waals surface area contributed by atoms with E-state index in [1.165, 1.54) is 0 Å². The van der Waals surface area contributed by atoms with Gasteiger partial charge in [0.1, 0.15) is 29.0 Å². The van der Waals surface area contributed by atoms with Gasteiger partial charge in [-0.3, -0.25) is 14.9 Å². The van der Waals surface area contributed by atoms with Crippen molar-refractivity contribution in [3.63, 3.8) is 0 Å². The molecule has 4 aromatic rings. The fourth-order valence-electron chi connectivity index (χ4n) is 4.27. The van der Waals surface area contributed by atoms with Crippen molar-refractivity contribution in [2.45, 2.75) is 50.3 Å². The van der Waals surface area contributed by atoms with Crippen LogP contribution in [-0.2, 0) is 32.6 Å². The van der Waals surface area contributed by atoms with Gasteiger partial charge >= 0.3 is 6.09 Å². The van der Waals surface area contributed by atoms with Gasteiger partial charge in [0.2, 0.25) is 0 Å². The molecule has 0 saturated heterocycles. The highest BCUT2D eigenvalue weighted by Gasteiger charge is 2.29. The Morgan fingerprint density at radius 3 is 2.11 bits per heavy atom. The quantitative estimate of drug-likeness (QED) is 0.137. The Labute approximate surface area is 271 Å². The second kappa shape index (κ2) is 14.4. The Hall–Kier alpha value is -4.94. The van der Waals surface area contributed by atoms with Crippen molar-refractivity contribution in [2.24, 2.45) is 0 Å². The van der Waals surface area contributed by atoms with Crippen LogP contribution in [0.25, 0.3) is 11.1 Å². The first-order chi connectivity index (χ1) is 21.7. The highest BCUT2D eigenvalue weighted by atomic mass is 35.5. The molecule has 13 heteroatoms. The van der Waals surface area contributed by atoms with Gasteiger partial charge in [-0.25, -0.2) is 17.9 Å². The van der Waals surface area contributed by atoms with Crippen LogP contribution in [0, 0.1) is 10.1 Å². The van der Waals surface area contributed by atoms with Crippen LogP contribution in [0.15, 0.2) is 102 Å². The summed E-state index contributed by atoms with van der Waals surface area (Å²) < 4.78 is 39.0. The fraction of sp³-hybridized carbons (Fsp3) is 0.212. The lowest BCUT2D eigenvalue weighted by Gasteiger charge is -2.23. The van der Waals surface area contributed by atoms with Gasteiger partial charge in [0.15, 0.2) is 0 Å². The highest BCUT2D eigenvalue weighted by Crippen LogP contribution is 2.27. The van der Waals surface area contributed by atoms with E-state index >= 15 is 0 Å². The molecule has 0 spiro atoms.